The Kier molecular flexibility index (Phi) is 5.98. The molecule has 0 saturated heterocycles. The van der Waals surface area contributed by atoms with Crippen molar-refractivity contribution in [2.24, 2.45) is 0 Å². The van der Waals surface area contributed by atoms with Gasteiger partial charge in [0.05, 0.1) is 6.04 Å². The van der Waals surface area contributed by atoms with E-state index >= 15 is 0 Å². The molecule has 240 valence electrons. The Hall–Kier alpha value is -6.79. The smallest absolute Gasteiger partial charge is 0.164 e. The van der Waals surface area contributed by atoms with Crippen LogP contribution in [-0.4, -0.2) is 21.0 Å². The third-order valence-electron chi connectivity index (χ3n) is 10.3. The lowest BCUT2D eigenvalue weighted by Crippen LogP contribution is -2.30. The molecule has 0 radical (unpaired) electrons. The van der Waals surface area contributed by atoms with E-state index in [4.69, 9.17) is 23.8 Å². The number of fused-ring (bicyclic) bond motifs is 10. The van der Waals surface area contributed by atoms with Crippen LogP contribution >= 0.6 is 0 Å². The van der Waals surface area contributed by atoms with Crippen LogP contribution in [0.1, 0.15) is 22.8 Å². The summed E-state index contributed by atoms with van der Waals surface area (Å²) < 4.78 is 12.9. The summed E-state index contributed by atoms with van der Waals surface area (Å²) in [5.74, 6) is 2.70. The summed E-state index contributed by atoms with van der Waals surface area (Å²) in [5, 5.41) is 3.18. The molecule has 2 aliphatic rings. The van der Waals surface area contributed by atoms with Crippen LogP contribution in [0.25, 0.3) is 73.1 Å². The van der Waals surface area contributed by atoms with Crippen molar-refractivity contribution in [3.63, 3.8) is 0 Å². The summed E-state index contributed by atoms with van der Waals surface area (Å²) in [6, 6.07) is 50.0. The van der Waals surface area contributed by atoms with Gasteiger partial charge in [-0.2, -0.15) is 0 Å². The summed E-state index contributed by atoms with van der Waals surface area (Å²) >= 11 is 0. The standard InChI is InChI=1S/C45H28N4O2/c1-3-12-27(13-4-1)43-46-44(28-22-23-31-30-16-8-10-20-36(30)50-39(31)26-28)48-45(47-43)33-18-11-21-37-41(33)42-38(51-37)25-24-35-40(42)32-17-7-9-19-34(32)49(35)29-14-5-2-6-15-29/h1-26,35,40H. The first kappa shape index (κ1) is 28.1. The minimum Gasteiger partial charge on any atom is -0.456 e. The van der Waals surface area contributed by atoms with Crippen LogP contribution in [0.5, 0.6) is 0 Å². The molecule has 0 N–H and O–H groups in total. The molecule has 0 fully saturated rings. The number of hydrogen-bond acceptors (Lipinski definition) is 6. The monoisotopic (exact) mass is 656 g/mol. The fourth-order valence-corrected chi connectivity index (χ4v) is 8.09. The Morgan fingerprint density at radius 3 is 2.12 bits per heavy atom. The molecular formula is C45H28N4O2. The Morgan fingerprint density at radius 2 is 1.24 bits per heavy atom. The molecule has 11 rings (SSSR count). The summed E-state index contributed by atoms with van der Waals surface area (Å²) in [4.78, 5) is 17.8. The van der Waals surface area contributed by atoms with Crippen molar-refractivity contribution in [2.75, 3.05) is 4.90 Å². The lowest BCUT2D eigenvalue weighted by atomic mass is 9.82. The molecule has 0 bridgehead atoms. The second kappa shape index (κ2) is 10.9. The summed E-state index contributed by atoms with van der Waals surface area (Å²) in [5.41, 5.74) is 9.94. The van der Waals surface area contributed by atoms with Gasteiger partial charge in [-0.15, -0.1) is 0 Å². The number of nitrogens with zero attached hydrogens (tertiary/aromatic N) is 4. The van der Waals surface area contributed by atoms with Gasteiger partial charge < -0.3 is 13.7 Å². The summed E-state index contributed by atoms with van der Waals surface area (Å²) in [7, 11) is 0. The van der Waals surface area contributed by atoms with Crippen LogP contribution in [0.3, 0.4) is 0 Å². The minimum atomic E-state index is 0.0502. The quantitative estimate of drug-likeness (QED) is 0.188. The van der Waals surface area contributed by atoms with Crippen LogP contribution in [0.15, 0.2) is 161 Å². The van der Waals surface area contributed by atoms with Gasteiger partial charge in [-0.1, -0.05) is 109 Å². The molecule has 0 spiro atoms. The molecule has 4 heterocycles. The van der Waals surface area contributed by atoms with E-state index in [2.05, 4.69) is 95.9 Å². The van der Waals surface area contributed by atoms with Gasteiger partial charge in [0.1, 0.15) is 22.5 Å². The topological polar surface area (TPSA) is 68.2 Å². The van der Waals surface area contributed by atoms with Crippen molar-refractivity contribution < 1.29 is 8.83 Å². The van der Waals surface area contributed by atoms with Crippen LogP contribution in [-0.2, 0) is 0 Å². The maximum atomic E-state index is 6.63. The van der Waals surface area contributed by atoms with Gasteiger partial charge in [0.25, 0.3) is 0 Å². The van der Waals surface area contributed by atoms with Gasteiger partial charge in [0.15, 0.2) is 17.5 Å². The van der Waals surface area contributed by atoms with Gasteiger partial charge in [0.2, 0.25) is 0 Å². The number of anilines is 2. The number of hydrogen-bond donors (Lipinski definition) is 0. The molecule has 0 amide bonds. The maximum absolute atomic E-state index is 6.63. The summed E-state index contributed by atoms with van der Waals surface area (Å²) in [6.07, 6.45) is 4.42. The zero-order valence-corrected chi connectivity index (χ0v) is 27.3. The van der Waals surface area contributed by atoms with Crippen molar-refractivity contribution in [1.82, 2.24) is 15.0 Å². The SMILES string of the molecule is C1=CC2C(c3ccccc3N2c2ccccc2)c2c1oc1cccc(-c3nc(-c4ccccc4)nc(-c4ccc5c(c4)oc4ccccc45)n3)c21. The molecule has 2 atom stereocenters. The number of benzene rings is 6. The molecule has 9 aromatic rings. The molecule has 0 saturated carbocycles. The third-order valence-corrected chi connectivity index (χ3v) is 10.3. The van der Waals surface area contributed by atoms with Gasteiger partial charge in [-0.25, -0.2) is 15.0 Å². The van der Waals surface area contributed by atoms with E-state index in [-0.39, 0.29) is 12.0 Å². The minimum absolute atomic E-state index is 0.0502. The Balaban J connectivity index is 1.13. The molecule has 6 nitrogen and oxygen atoms in total. The van der Waals surface area contributed by atoms with Crippen LogP contribution in [0, 0.1) is 0 Å². The summed E-state index contributed by atoms with van der Waals surface area (Å²) in [6.45, 7) is 0. The number of aromatic nitrogens is 3. The van der Waals surface area contributed by atoms with Gasteiger partial charge in [-0.3, -0.25) is 0 Å². The highest BCUT2D eigenvalue weighted by molar-refractivity contribution is 6.06. The molecule has 3 aromatic heterocycles. The van der Waals surface area contributed by atoms with E-state index < -0.39 is 0 Å². The predicted octanol–water partition coefficient (Wildman–Crippen LogP) is 11.2. The fraction of sp³-hybridized carbons (Fsp3) is 0.0444. The first-order chi connectivity index (χ1) is 25.3. The van der Waals surface area contributed by atoms with Crippen molar-refractivity contribution in [1.29, 1.82) is 0 Å². The van der Waals surface area contributed by atoms with E-state index in [1.165, 1.54) is 11.3 Å². The van der Waals surface area contributed by atoms with E-state index in [0.29, 0.717) is 17.5 Å². The van der Waals surface area contributed by atoms with Gasteiger partial charge >= 0.3 is 0 Å². The Bertz CT molecular complexity index is 2840. The number of furan rings is 2. The molecule has 1 aliphatic heterocycles. The average molecular weight is 657 g/mol. The van der Waals surface area contributed by atoms with Crippen molar-refractivity contribution >= 4 is 50.4 Å². The lowest BCUT2D eigenvalue weighted by molar-refractivity contribution is 0.584. The zero-order chi connectivity index (χ0) is 33.5. The first-order valence-corrected chi connectivity index (χ1v) is 17.2. The Labute approximate surface area is 293 Å². The molecule has 2 unspecified atom stereocenters. The third kappa shape index (κ3) is 4.26. The maximum Gasteiger partial charge on any atom is 0.164 e. The molecule has 6 aromatic carbocycles. The first-order valence-electron chi connectivity index (χ1n) is 17.2. The highest BCUT2D eigenvalue weighted by Crippen LogP contribution is 2.54. The molecule has 51 heavy (non-hydrogen) atoms. The number of para-hydroxylation sites is 3. The largest absolute Gasteiger partial charge is 0.456 e. The van der Waals surface area contributed by atoms with E-state index in [1.54, 1.807) is 0 Å². The van der Waals surface area contributed by atoms with Crippen molar-refractivity contribution in [3.8, 4) is 34.2 Å². The Morgan fingerprint density at radius 1 is 0.529 bits per heavy atom. The second-order valence-electron chi connectivity index (χ2n) is 13.1. The average Bonchev–Trinajstić information content (AvgIpc) is 3.87. The van der Waals surface area contributed by atoms with Crippen LogP contribution in [0.2, 0.25) is 0 Å². The molecule has 6 heteroatoms. The fourth-order valence-electron chi connectivity index (χ4n) is 8.09. The van der Waals surface area contributed by atoms with E-state index in [1.807, 2.05) is 66.7 Å². The van der Waals surface area contributed by atoms with Crippen molar-refractivity contribution in [2.45, 2.75) is 12.0 Å². The zero-order valence-electron chi connectivity index (χ0n) is 27.3. The molecule has 1 aliphatic carbocycles. The highest BCUT2D eigenvalue weighted by atomic mass is 16.3. The number of rotatable bonds is 4. The van der Waals surface area contributed by atoms with Gasteiger partial charge in [-0.05, 0) is 54.1 Å². The second-order valence-corrected chi connectivity index (χ2v) is 13.1. The lowest BCUT2D eigenvalue weighted by Gasteiger charge is -2.30. The molecular weight excluding hydrogens is 629 g/mol. The van der Waals surface area contributed by atoms with Crippen LogP contribution < -0.4 is 4.90 Å². The van der Waals surface area contributed by atoms with E-state index in [0.717, 1.165) is 66.6 Å². The predicted molar refractivity (Wildman–Crippen MR) is 203 cm³/mol. The van der Waals surface area contributed by atoms with Gasteiger partial charge in [0, 0.05) is 55.7 Å². The van der Waals surface area contributed by atoms with E-state index in [9.17, 15) is 0 Å². The van der Waals surface area contributed by atoms with Crippen molar-refractivity contribution in [3.05, 3.63) is 169 Å². The normalized spacial score (nSPS) is 16.1. The van der Waals surface area contributed by atoms with Crippen LogP contribution in [0.4, 0.5) is 11.4 Å². The highest BCUT2D eigenvalue weighted by Gasteiger charge is 2.43.